The number of hydrogen-bond donors (Lipinski definition) is 1. The number of terminal acetylenes is 1. The number of ether oxygens (including phenoxy) is 1. The Morgan fingerprint density at radius 2 is 2.27 bits per heavy atom. The minimum Gasteiger partial charge on any atom is -0.437 e. The largest absolute Gasteiger partial charge is 0.437 e. The fourth-order valence-electron chi connectivity index (χ4n) is 0.555. The fraction of sp³-hybridized carbons (Fsp3) is 0.429. The van der Waals surface area contributed by atoms with Crippen molar-refractivity contribution in [2.45, 2.75) is 19.4 Å². The SMILES string of the molecule is C#CC(=O)[C@@H](CC)OC(N)=O. The Labute approximate surface area is 64.7 Å². The molecule has 11 heavy (non-hydrogen) atoms. The van der Waals surface area contributed by atoms with Crippen LogP contribution in [0.15, 0.2) is 0 Å². The molecule has 60 valence electrons. The van der Waals surface area contributed by atoms with Crippen LogP contribution in [0.5, 0.6) is 0 Å². The quantitative estimate of drug-likeness (QED) is 0.463. The lowest BCUT2D eigenvalue weighted by Gasteiger charge is -2.08. The highest BCUT2D eigenvalue weighted by molar-refractivity contribution is 5.99. The molecule has 4 heteroatoms. The van der Waals surface area contributed by atoms with Gasteiger partial charge >= 0.3 is 6.09 Å². The van der Waals surface area contributed by atoms with Crippen molar-refractivity contribution in [3.63, 3.8) is 0 Å². The maximum absolute atomic E-state index is 10.7. The Hall–Kier alpha value is -1.50. The van der Waals surface area contributed by atoms with Gasteiger partial charge in [0, 0.05) is 0 Å². The number of nitrogens with two attached hydrogens (primary N) is 1. The Morgan fingerprint density at radius 3 is 2.55 bits per heavy atom. The van der Waals surface area contributed by atoms with Crippen LogP contribution in [-0.4, -0.2) is 18.0 Å². The molecule has 0 radical (unpaired) electrons. The number of carbonyl (C=O) groups is 2. The maximum atomic E-state index is 10.7. The lowest BCUT2D eigenvalue weighted by molar-refractivity contribution is -0.121. The third kappa shape index (κ3) is 3.26. The zero-order valence-corrected chi connectivity index (χ0v) is 6.16. The molecule has 0 aromatic carbocycles. The van der Waals surface area contributed by atoms with Crippen molar-refractivity contribution in [1.29, 1.82) is 0 Å². The Morgan fingerprint density at radius 1 is 1.73 bits per heavy atom. The lowest BCUT2D eigenvalue weighted by atomic mass is 10.2. The van der Waals surface area contributed by atoms with Crippen LogP contribution in [-0.2, 0) is 9.53 Å². The van der Waals surface area contributed by atoms with E-state index in [1.165, 1.54) is 0 Å². The van der Waals surface area contributed by atoms with Gasteiger partial charge in [0.1, 0.15) is 0 Å². The first-order valence-electron chi connectivity index (χ1n) is 3.08. The van der Waals surface area contributed by atoms with Gasteiger partial charge in [-0.3, -0.25) is 4.79 Å². The van der Waals surface area contributed by atoms with Crippen molar-refractivity contribution in [3.8, 4) is 12.3 Å². The average molecular weight is 155 g/mol. The normalized spacial score (nSPS) is 11.3. The fourth-order valence-corrected chi connectivity index (χ4v) is 0.555. The Bertz CT molecular complexity index is 204. The molecular weight excluding hydrogens is 146 g/mol. The van der Waals surface area contributed by atoms with Gasteiger partial charge in [-0.2, -0.15) is 0 Å². The summed E-state index contributed by atoms with van der Waals surface area (Å²) in [4.78, 5) is 20.9. The summed E-state index contributed by atoms with van der Waals surface area (Å²) in [7, 11) is 0. The van der Waals surface area contributed by atoms with E-state index < -0.39 is 18.0 Å². The van der Waals surface area contributed by atoms with Crippen LogP contribution < -0.4 is 5.73 Å². The van der Waals surface area contributed by atoms with E-state index in [2.05, 4.69) is 10.5 Å². The molecule has 0 aromatic heterocycles. The molecule has 0 saturated heterocycles. The molecule has 0 unspecified atom stereocenters. The van der Waals surface area contributed by atoms with Crippen molar-refractivity contribution in [2.24, 2.45) is 5.73 Å². The maximum Gasteiger partial charge on any atom is 0.405 e. The number of Topliss-reactive ketones (excluding diaryl/α,β-unsaturated/α-hetero) is 1. The smallest absolute Gasteiger partial charge is 0.405 e. The van der Waals surface area contributed by atoms with Crippen molar-refractivity contribution >= 4 is 11.9 Å². The van der Waals surface area contributed by atoms with Gasteiger partial charge in [0.05, 0.1) is 0 Å². The molecule has 0 saturated carbocycles. The number of rotatable bonds is 3. The zero-order valence-electron chi connectivity index (χ0n) is 6.16. The predicted molar refractivity (Wildman–Crippen MR) is 38.6 cm³/mol. The molecule has 0 aromatic rings. The van der Waals surface area contributed by atoms with Gasteiger partial charge in [-0.05, 0) is 12.3 Å². The van der Waals surface area contributed by atoms with Gasteiger partial charge < -0.3 is 10.5 Å². The second kappa shape index (κ2) is 4.34. The summed E-state index contributed by atoms with van der Waals surface area (Å²) in [6, 6.07) is 0. The topological polar surface area (TPSA) is 69.4 Å². The Kier molecular flexibility index (Phi) is 3.75. The highest BCUT2D eigenvalue weighted by atomic mass is 16.6. The summed E-state index contributed by atoms with van der Waals surface area (Å²) in [6.45, 7) is 1.67. The van der Waals surface area contributed by atoms with Crippen LogP contribution in [0.25, 0.3) is 0 Å². The van der Waals surface area contributed by atoms with Crippen LogP contribution >= 0.6 is 0 Å². The highest BCUT2D eigenvalue weighted by Crippen LogP contribution is 1.98. The first-order valence-corrected chi connectivity index (χ1v) is 3.08. The van der Waals surface area contributed by atoms with Crippen molar-refractivity contribution in [3.05, 3.63) is 0 Å². The number of ketones is 1. The van der Waals surface area contributed by atoms with Gasteiger partial charge in [-0.25, -0.2) is 4.79 Å². The molecule has 2 N–H and O–H groups in total. The van der Waals surface area contributed by atoms with Gasteiger partial charge in [-0.15, -0.1) is 6.42 Å². The number of carbonyl (C=O) groups excluding carboxylic acids is 2. The number of amides is 1. The minimum absolute atomic E-state index is 0.339. The van der Waals surface area contributed by atoms with Gasteiger partial charge in [-0.1, -0.05) is 6.92 Å². The molecule has 0 spiro atoms. The first kappa shape index (κ1) is 9.50. The molecule has 4 nitrogen and oxygen atoms in total. The van der Waals surface area contributed by atoms with E-state index in [-0.39, 0.29) is 0 Å². The molecule has 0 aliphatic rings. The van der Waals surface area contributed by atoms with E-state index in [9.17, 15) is 9.59 Å². The van der Waals surface area contributed by atoms with E-state index in [0.29, 0.717) is 6.42 Å². The van der Waals surface area contributed by atoms with Gasteiger partial charge in [0.15, 0.2) is 6.10 Å². The van der Waals surface area contributed by atoms with E-state index in [1.807, 2.05) is 5.92 Å². The summed E-state index contributed by atoms with van der Waals surface area (Å²) in [6.07, 6.45) is 3.25. The van der Waals surface area contributed by atoms with Crippen LogP contribution in [0.2, 0.25) is 0 Å². The average Bonchev–Trinajstić information content (AvgIpc) is 1.98. The number of hydrogen-bond acceptors (Lipinski definition) is 3. The van der Waals surface area contributed by atoms with Crippen molar-refractivity contribution in [1.82, 2.24) is 0 Å². The van der Waals surface area contributed by atoms with Crippen LogP contribution in [0, 0.1) is 12.3 Å². The van der Waals surface area contributed by atoms with Crippen molar-refractivity contribution < 1.29 is 14.3 Å². The number of primary amides is 1. The molecule has 0 aliphatic heterocycles. The Balaban J connectivity index is 4.08. The molecule has 0 rings (SSSR count). The molecule has 0 heterocycles. The van der Waals surface area contributed by atoms with Gasteiger partial charge in [0.2, 0.25) is 5.78 Å². The second-order valence-electron chi connectivity index (χ2n) is 1.84. The molecule has 0 aliphatic carbocycles. The third-order valence-electron chi connectivity index (χ3n) is 1.06. The molecule has 1 amide bonds. The monoisotopic (exact) mass is 155 g/mol. The molecule has 1 atom stereocenters. The second-order valence-corrected chi connectivity index (χ2v) is 1.84. The first-order chi connectivity index (χ1) is 5.11. The van der Waals surface area contributed by atoms with E-state index in [0.717, 1.165) is 0 Å². The highest BCUT2D eigenvalue weighted by Gasteiger charge is 2.16. The van der Waals surface area contributed by atoms with Crippen molar-refractivity contribution in [2.75, 3.05) is 0 Å². The molecular formula is C7H9NO3. The van der Waals surface area contributed by atoms with E-state index in [1.54, 1.807) is 6.92 Å². The van der Waals surface area contributed by atoms with Crippen LogP contribution in [0.4, 0.5) is 4.79 Å². The van der Waals surface area contributed by atoms with E-state index in [4.69, 9.17) is 6.42 Å². The van der Waals surface area contributed by atoms with Gasteiger partial charge in [0.25, 0.3) is 0 Å². The van der Waals surface area contributed by atoms with Crippen LogP contribution in [0.3, 0.4) is 0 Å². The third-order valence-corrected chi connectivity index (χ3v) is 1.06. The van der Waals surface area contributed by atoms with Crippen LogP contribution in [0.1, 0.15) is 13.3 Å². The summed E-state index contributed by atoms with van der Waals surface area (Å²) in [5.41, 5.74) is 4.68. The van der Waals surface area contributed by atoms with E-state index >= 15 is 0 Å². The minimum atomic E-state index is -0.986. The summed E-state index contributed by atoms with van der Waals surface area (Å²) >= 11 is 0. The summed E-state index contributed by atoms with van der Waals surface area (Å²) in [5.74, 6) is 1.29. The summed E-state index contributed by atoms with van der Waals surface area (Å²) < 4.78 is 4.40. The predicted octanol–water partition coefficient (Wildman–Crippen LogP) is 0.0626. The lowest BCUT2D eigenvalue weighted by Crippen LogP contribution is -2.28. The summed E-state index contributed by atoms with van der Waals surface area (Å²) in [5, 5.41) is 0. The molecule has 0 bridgehead atoms. The standard InChI is InChI=1S/C7H9NO3/c1-3-5(9)6(4-2)11-7(8)10/h1,6H,4H2,2H3,(H2,8,10)/t6-/m1/s1. The zero-order chi connectivity index (χ0) is 8.85. The molecule has 0 fully saturated rings.